The van der Waals surface area contributed by atoms with Crippen LogP contribution < -0.4 is 10.6 Å². The lowest BCUT2D eigenvalue weighted by Crippen LogP contribution is -2.02. The summed E-state index contributed by atoms with van der Waals surface area (Å²) in [4.78, 5) is 4.67. The summed E-state index contributed by atoms with van der Waals surface area (Å²) in [5.41, 5.74) is 8.15. The molecule has 0 bridgehead atoms. The molecule has 0 amide bonds. The number of aromatic nitrogens is 1. The Bertz CT molecular complexity index is 890. The Morgan fingerprint density at radius 3 is 2.42 bits per heavy atom. The van der Waals surface area contributed by atoms with Crippen molar-refractivity contribution in [1.82, 2.24) is 10.3 Å². The van der Waals surface area contributed by atoms with Crippen molar-refractivity contribution in [2.45, 2.75) is 26.9 Å². The lowest BCUT2D eigenvalue weighted by atomic mass is 9.93. The molecular weight excluding hydrogens is 298 g/mol. The Balaban J connectivity index is 1.84. The van der Waals surface area contributed by atoms with Crippen molar-refractivity contribution in [2.75, 3.05) is 12.4 Å². The van der Waals surface area contributed by atoms with Crippen molar-refractivity contribution >= 4 is 5.69 Å². The summed E-state index contributed by atoms with van der Waals surface area (Å²) in [5.74, 6) is 1.69. The third kappa shape index (κ3) is 2.31. The van der Waals surface area contributed by atoms with Gasteiger partial charge in [0, 0.05) is 24.8 Å². The molecule has 2 N–H and O–H groups in total. The van der Waals surface area contributed by atoms with Gasteiger partial charge in [0.05, 0.1) is 12.2 Å². The molecule has 0 aliphatic carbocycles. The molecule has 122 valence electrons. The van der Waals surface area contributed by atoms with E-state index in [-0.39, 0.29) is 0 Å². The van der Waals surface area contributed by atoms with Gasteiger partial charge in [-0.3, -0.25) is 0 Å². The summed E-state index contributed by atoms with van der Waals surface area (Å²) in [7, 11) is 1.96. The molecule has 1 aliphatic heterocycles. The molecular formula is C20H21N3O. The average molecular weight is 319 g/mol. The minimum atomic E-state index is 0.725. The predicted octanol–water partition coefficient (Wildman–Crippen LogP) is 4.27. The van der Waals surface area contributed by atoms with Gasteiger partial charge in [0.2, 0.25) is 5.89 Å². The number of anilines is 1. The smallest absolute Gasteiger partial charge is 0.226 e. The second-order valence-electron chi connectivity index (χ2n) is 6.20. The first-order valence-electron chi connectivity index (χ1n) is 8.26. The molecule has 0 saturated heterocycles. The van der Waals surface area contributed by atoms with E-state index in [9.17, 15) is 0 Å². The predicted molar refractivity (Wildman–Crippen MR) is 96.9 cm³/mol. The summed E-state index contributed by atoms with van der Waals surface area (Å²) in [6.45, 7) is 5.85. The van der Waals surface area contributed by atoms with Gasteiger partial charge in [-0.05, 0) is 48.2 Å². The molecule has 0 saturated carbocycles. The van der Waals surface area contributed by atoms with E-state index in [4.69, 9.17) is 4.42 Å². The maximum absolute atomic E-state index is 5.97. The molecule has 4 rings (SSSR count). The lowest BCUT2D eigenvalue weighted by molar-refractivity contribution is 0.511. The highest BCUT2D eigenvalue weighted by atomic mass is 16.4. The Morgan fingerprint density at radius 2 is 1.67 bits per heavy atom. The lowest BCUT2D eigenvalue weighted by Gasteiger charge is -2.14. The number of hydrogen-bond acceptors (Lipinski definition) is 4. The summed E-state index contributed by atoms with van der Waals surface area (Å²) in [5, 5.41) is 6.51. The third-order valence-electron chi connectivity index (χ3n) is 4.81. The van der Waals surface area contributed by atoms with Crippen LogP contribution in [0.3, 0.4) is 0 Å². The Kier molecular flexibility index (Phi) is 3.62. The quantitative estimate of drug-likeness (QED) is 0.757. The van der Waals surface area contributed by atoms with Gasteiger partial charge in [0.25, 0.3) is 0 Å². The highest BCUT2D eigenvalue weighted by Gasteiger charge is 2.21. The van der Waals surface area contributed by atoms with E-state index in [2.05, 4.69) is 65.9 Å². The molecule has 1 aromatic heterocycles. The number of oxazole rings is 1. The van der Waals surface area contributed by atoms with Gasteiger partial charge in [-0.15, -0.1) is 0 Å². The van der Waals surface area contributed by atoms with Gasteiger partial charge in [-0.25, -0.2) is 4.98 Å². The molecule has 0 fully saturated rings. The van der Waals surface area contributed by atoms with Crippen LogP contribution in [-0.4, -0.2) is 12.0 Å². The van der Waals surface area contributed by atoms with Crippen LogP contribution in [0.15, 0.2) is 40.8 Å². The molecule has 0 spiro atoms. The third-order valence-corrected chi connectivity index (χ3v) is 4.81. The molecule has 1 aliphatic rings. The van der Waals surface area contributed by atoms with Crippen molar-refractivity contribution in [3.8, 4) is 22.6 Å². The number of hydrogen-bond donors (Lipinski definition) is 2. The summed E-state index contributed by atoms with van der Waals surface area (Å²) >= 11 is 0. The van der Waals surface area contributed by atoms with E-state index in [1.165, 1.54) is 22.3 Å². The number of benzene rings is 2. The second kappa shape index (κ2) is 5.80. The van der Waals surface area contributed by atoms with Gasteiger partial charge < -0.3 is 15.1 Å². The molecule has 3 aromatic rings. The van der Waals surface area contributed by atoms with Gasteiger partial charge in [0.1, 0.15) is 5.76 Å². The van der Waals surface area contributed by atoms with Crippen molar-refractivity contribution in [3.05, 3.63) is 59.0 Å². The van der Waals surface area contributed by atoms with Gasteiger partial charge >= 0.3 is 0 Å². The number of rotatable bonds is 3. The highest BCUT2D eigenvalue weighted by molar-refractivity contribution is 5.80. The van der Waals surface area contributed by atoms with E-state index >= 15 is 0 Å². The molecule has 24 heavy (non-hydrogen) atoms. The zero-order valence-corrected chi connectivity index (χ0v) is 14.2. The molecule has 4 heteroatoms. The SMILES string of the molecule is CNc1cccc(-c2cccc(-c3nc4c(o3)CNC4)c2C)c1C. The van der Waals surface area contributed by atoms with Crippen molar-refractivity contribution in [2.24, 2.45) is 0 Å². The summed E-state index contributed by atoms with van der Waals surface area (Å²) in [6, 6.07) is 12.7. The van der Waals surface area contributed by atoms with Crippen LogP contribution in [0.1, 0.15) is 22.6 Å². The fourth-order valence-corrected chi connectivity index (χ4v) is 3.43. The first kappa shape index (κ1) is 15.0. The minimum absolute atomic E-state index is 0.725. The zero-order chi connectivity index (χ0) is 16.7. The standard InChI is InChI=1S/C20H21N3O/c1-12-14(15-7-5-9-17(21-3)13(15)2)6-4-8-16(12)20-23-18-10-22-11-19(18)24-20/h4-9,21-22H,10-11H2,1-3H3. The fraction of sp³-hybridized carbons (Fsp3) is 0.250. The largest absolute Gasteiger partial charge is 0.439 e. The molecule has 4 nitrogen and oxygen atoms in total. The maximum atomic E-state index is 5.97. The van der Waals surface area contributed by atoms with E-state index < -0.39 is 0 Å². The molecule has 0 unspecified atom stereocenters. The monoisotopic (exact) mass is 319 g/mol. The first-order valence-corrected chi connectivity index (χ1v) is 8.26. The zero-order valence-electron chi connectivity index (χ0n) is 14.2. The van der Waals surface area contributed by atoms with Crippen LogP contribution in [0.4, 0.5) is 5.69 Å². The summed E-state index contributed by atoms with van der Waals surface area (Å²) < 4.78 is 5.97. The molecule has 0 atom stereocenters. The Hall–Kier alpha value is -2.59. The first-order chi connectivity index (χ1) is 11.7. The topological polar surface area (TPSA) is 50.1 Å². The van der Waals surface area contributed by atoms with Crippen LogP contribution in [0.5, 0.6) is 0 Å². The van der Waals surface area contributed by atoms with Crippen molar-refractivity contribution in [3.63, 3.8) is 0 Å². The van der Waals surface area contributed by atoms with E-state index in [0.717, 1.165) is 41.7 Å². The number of nitrogens with one attached hydrogen (secondary N) is 2. The van der Waals surface area contributed by atoms with Crippen LogP contribution in [0, 0.1) is 13.8 Å². The van der Waals surface area contributed by atoms with Crippen molar-refractivity contribution < 1.29 is 4.42 Å². The number of fused-ring (bicyclic) bond motifs is 1. The second-order valence-corrected chi connectivity index (χ2v) is 6.20. The van der Waals surface area contributed by atoms with Gasteiger partial charge in [-0.2, -0.15) is 0 Å². The van der Waals surface area contributed by atoms with E-state index in [1.807, 2.05) is 7.05 Å². The molecule has 2 aromatic carbocycles. The fourth-order valence-electron chi connectivity index (χ4n) is 3.43. The van der Waals surface area contributed by atoms with Crippen LogP contribution in [0.25, 0.3) is 22.6 Å². The van der Waals surface area contributed by atoms with Gasteiger partial charge in [0.15, 0.2) is 0 Å². The Labute approximate surface area is 141 Å². The minimum Gasteiger partial charge on any atom is -0.439 e. The van der Waals surface area contributed by atoms with E-state index in [1.54, 1.807) is 0 Å². The highest BCUT2D eigenvalue weighted by Crippen LogP contribution is 2.35. The van der Waals surface area contributed by atoms with Crippen LogP contribution >= 0.6 is 0 Å². The van der Waals surface area contributed by atoms with E-state index in [0.29, 0.717) is 0 Å². The van der Waals surface area contributed by atoms with Gasteiger partial charge in [-0.1, -0.05) is 24.3 Å². The van der Waals surface area contributed by atoms with Crippen LogP contribution in [0.2, 0.25) is 0 Å². The van der Waals surface area contributed by atoms with Crippen LogP contribution in [-0.2, 0) is 13.1 Å². The average Bonchev–Trinajstić information content (AvgIpc) is 3.17. The summed E-state index contributed by atoms with van der Waals surface area (Å²) in [6.07, 6.45) is 0. The molecule has 0 radical (unpaired) electrons. The Morgan fingerprint density at radius 1 is 0.958 bits per heavy atom. The normalized spacial score (nSPS) is 13.1. The maximum Gasteiger partial charge on any atom is 0.226 e. The van der Waals surface area contributed by atoms with Crippen molar-refractivity contribution in [1.29, 1.82) is 0 Å². The molecule has 2 heterocycles. The number of nitrogens with zero attached hydrogens (tertiary/aromatic N) is 1.